The molecule has 0 heterocycles. The Bertz CT molecular complexity index is 415. The van der Waals surface area contributed by atoms with Crippen molar-refractivity contribution >= 4 is 5.91 Å². The summed E-state index contributed by atoms with van der Waals surface area (Å²) < 4.78 is 5.67. The summed E-state index contributed by atoms with van der Waals surface area (Å²) in [5.74, 6) is 0.598. The third kappa shape index (κ3) is 3.47. The first-order valence-electron chi connectivity index (χ1n) is 6.36. The summed E-state index contributed by atoms with van der Waals surface area (Å²) in [5, 5.41) is 11.9. The first-order valence-corrected chi connectivity index (χ1v) is 6.36. The molecule has 0 bridgehead atoms. The van der Waals surface area contributed by atoms with E-state index in [0.29, 0.717) is 18.2 Å². The van der Waals surface area contributed by atoms with Gasteiger partial charge < -0.3 is 15.2 Å². The Morgan fingerprint density at radius 1 is 1.50 bits per heavy atom. The number of amides is 1. The van der Waals surface area contributed by atoms with Crippen molar-refractivity contribution in [2.24, 2.45) is 0 Å². The van der Waals surface area contributed by atoms with Crippen molar-refractivity contribution in [1.29, 1.82) is 0 Å². The Morgan fingerprint density at radius 2 is 2.22 bits per heavy atom. The molecule has 2 N–H and O–H groups in total. The van der Waals surface area contributed by atoms with Gasteiger partial charge in [-0.05, 0) is 37.8 Å². The van der Waals surface area contributed by atoms with Crippen molar-refractivity contribution in [3.05, 3.63) is 29.8 Å². The van der Waals surface area contributed by atoms with E-state index in [1.165, 1.54) is 0 Å². The van der Waals surface area contributed by atoms with Gasteiger partial charge in [0.25, 0.3) is 5.91 Å². The molecule has 0 saturated heterocycles. The molecule has 1 amide bonds. The molecule has 0 aliphatic heterocycles. The molecule has 1 fully saturated rings. The zero-order chi connectivity index (χ0) is 13.0. The maximum Gasteiger partial charge on any atom is 0.260 e. The van der Waals surface area contributed by atoms with Crippen LogP contribution in [0.4, 0.5) is 0 Å². The van der Waals surface area contributed by atoms with Crippen LogP contribution < -0.4 is 10.1 Å². The van der Waals surface area contributed by atoms with Gasteiger partial charge in [0, 0.05) is 12.6 Å². The fourth-order valence-electron chi connectivity index (χ4n) is 1.74. The van der Waals surface area contributed by atoms with E-state index in [4.69, 9.17) is 9.84 Å². The van der Waals surface area contributed by atoms with E-state index in [1.54, 1.807) is 6.92 Å². The van der Waals surface area contributed by atoms with Crippen LogP contribution in [0.3, 0.4) is 0 Å². The van der Waals surface area contributed by atoms with E-state index in [-0.39, 0.29) is 12.5 Å². The topological polar surface area (TPSA) is 58.6 Å². The number of carbonyl (C=O) groups excluding carboxylic acids is 1. The maximum absolute atomic E-state index is 11.8. The van der Waals surface area contributed by atoms with Gasteiger partial charge in [-0.15, -0.1) is 0 Å². The smallest absolute Gasteiger partial charge is 0.260 e. The lowest BCUT2D eigenvalue weighted by atomic mass is 10.1. The predicted octanol–water partition coefficient (Wildman–Crippen LogP) is 1.27. The molecule has 1 saturated carbocycles. The van der Waals surface area contributed by atoms with Gasteiger partial charge in [0.1, 0.15) is 5.75 Å². The summed E-state index contributed by atoms with van der Waals surface area (Å²) in [7, 11) is 0. The van der Waals surface area contributed by atoms with E-state index in [1.807, 2.05) is 24.3 Å². The van der Waals surface area contributed by atoms with Gasteiger partial charge >= 0.3 is 0 Å². The molecule has 2 rings (SSSR count). The highest BCUT2D eigenvalue weighted by Gasteiger charge is 2.26. The minimum Gasteiger partial charge on any atom is -0.481 e. The summed E-state index contributed by atoms with van der Waals surface area (Å²) in [4.78, 5) is 11.8. The molecule has 1 atom stereocenters. The molecule has 4 nitrogen and oxygen atoms in total. The number of rotatable bonds is 6. The second-order valence-electron chi connectivity index (χ2n) is 4.62. The van der Waals surface area contributed by atoms with Crippen LogP contribution in [0, 0.1) is 0 Å². The lowest BCUT2D eigenvalue weighted by Crippen LogP contribution is -2.37. The Morgan fingerprint density at radius 3 is 2.89 bits per heavy atom. The fourth-order valence-corrected chi connectivity index (χ4v) is 1.74. The Kier molecular flexibility index (Phi) is 4.20. The van der Waals surface area contributed by atoms with Gasteiger partial charge in [0.15, 0.2) is 6.10 Å². The maximum atomic E-state index is 11.8. The van der Waals surface area contributed by atoms with Crippen LogP contribution in [0.2, 0.25) is 0 Å². The Balaban J connectivity index is 1.96. The molecule has 1 aliphatic carbocycles. The minimum absolute atomic E-state index is 0.0724. The average Bonchev–Trinajstić information content (AvgIpc) is 3.16. The number of aliphatic hydroxyl groups excluding tert-OH is 1. The molecule has 0 aromatic heterocycles. The average molecular weight is 249 g/mol. The van der Waals surface area contributed by atoms with Gasteiger partial charge in [0.05, 0.1) is 0 Å². The second-order valence-corrected chi connectivity index (χ2v) is 4.62. The van der Waals surface area contributed by atoms with Gasteiger partial charge in [0.2, 0.25) is 0 Å². The van der Waals surface area contributed by atoms with Crippen LogP contribution in [-0.2, 0) is 11.2 Å². The van der Waals surface area contributed by atoms with Crippen LogP contribution in [0.25, 0.3) is 0 Å². The van der Waals surface area contributed by atoms with E-state index >= 15 is 0 Å². The van der Waals surface area contributed by atoms with Crippen molar-refractivity contribution in [2.75, 3.05) is 6.61 Å². The van der Waals surface area contributed by atoms with Crippen LogP contribution in [-0.4, -0.2) is 29.8 Å². The zero-order valence-corrected chi connectivity index (χ0v) is 10.6. The van der Waals surface area contributed by atoms with Gasteiger partial charge in [-0.3, -0.25) is 4.79 Å². The second kappa shape index (κ2) is 5.87. The first kappa shape index (κ1) is 12.9. The van der Waals surface area contributed by atoms with Crippen LogP contribution >= 0.6 is 0 Å². The number of nitrogens with one attached hydrogen (secondary N) is 1. The number of carbonyl (C=O) groups is 1. The summed E-state index contributed by atoms with van der Waals surface area (Å²) in [6.45, 7) is 1.82. The van der Waals surface area contributed by atoms with Gasteiger partial charge in [-0.1, -0.05) is 18.2 Å². The molecular weight excluding hydrogens is 230 g/mol. The summed E-state index contributed by atoms with van der Waals surface area (Å²) in [5.41, 5.74) is 0.922. The van der Waals surface area contributed by atoms with E-state index in [2.05, 4.69) is 5.32 Å². The summed E-state index contributed by atoms with van der Waals surface area (Å²) in [6, 6.07) is 7.83. The third-order valence-electron chi connectivity index (χ3n) is 2.95. The highest BCUT2D eigenvalue weighted by molar-refractivity contribution is 5.81. The van der Waals surface area contributed by atoms with Crippen molar-refractivity contribution in [3.63, 3.8) is 0 Å². The summed E-state index contributed by atoms with van der Waals surface area (Å²) >= 11 is 0. The van der Waals surface area contributed by atoms with E-state index < -0.39 is 6.10 Å². The molecule has 1 aromatic rings. The standard InChI is InChI=1S/C14H19NO3/c1-10(14(17)15-12-6-7-12)18-13-5-3-2-4-11(13)8-9-16/h2-5,10,12,16H,6-9H2,1H3,(H,15,17). The largest absolute Gasteiger partial charge is 0.481 e. The number of aliphatic hydroxyl groups is 1. The van der Waals surface area contributed by atoms with Crippen molar-refractivity contribution in [2.45, 2.75) is 38.3 Å². The van der Waals surface area contributed by atoms with Crippen LogP contribution in [0.15, 0.2) is 24.3 Å². The lowest BCUT2D eigenvalue weighted by molar-refractivity contribution is -0.127. The highest BCUT2D eigenvalue weighted by Crippen LogP contribution is 2.21. The molecule has 4 heteroatoms. The Labute approximate surface area is 107 Å². The molecule has 0 spiro atoms. The van der Waals surface area contributed by atoms with Gasteiger partial charge in [-0.25, -0.2) is 0 Å². The highest BCUT2D eigenvalue weighted by atomic mass is 16.5. The van der Waals surface area contributed by atoms with Crippen LogP contribution in [0.5, 0.6) is 5.75 Å². The number of hydrogen-bond donors (Lipinski definition) is 2. The molecule has 1 aliphatic rings. The lowest BCUT2D eigenvalue weighted by Gasteiger charge is -2.16. The fraction of sp³-hybridized carbons (Fsp3) is 0.500. The van der Waals surface area contributed by atoms with E-state index in [0.717, 1.165) is 18.4 Å². The Hall–Kier alpha value is -1.55. The molecular formula is C14H19NO3. The van der Waals surface area contributed by atoms with Crippen molar-refractivity contribution in [1.82, 2.24) is 5.32 Å². The number of ether oxygens (including phenoxy) is 1. The molecule has 1 unspecified atom stereocenters. The van der Waals surface area contributed by atoms with E-state index in [9.17, 15) is 4.79 Å². The number of hydrogen-bond acceptors (Lipinski definition) is 3. The molecule has 98 valence electrons. The SMILES string of the molecule is CC(Oc1ccccc1CCO)C(=O)NC1CC1. The molecule has 0 radical (unpaired) electrons. The normalized spacial score (nSPS) is 16.1. The predicted molar refractivity (Wildman–Crippen MR) is 68.5 cm³/mol. The quantitative estimate of drug-likeness (QED) is 0.798. The summed E-state index contributed by atoms with van der Waals surface area (Å²) in [6.07, 6.45) is 2.16. The molecule has 1 aromatic carbocycles. The van der Waals surface area contributed by atoms with Gasteiger partial charge in [-0.2, -0.15) is 0 Å². The minimum atomic E-state index is -0.509. The monoisotopic (exact) mass is 249 g/mol. The third-order valence-corrected chi connectivity index (χ3v) is 2.95. The number of para-hydroxylation sites is 1. The van der Waals surface area contributed by atoms with Crippen molar-refractivity contribution in [3.8, 4) is 5.75 Å². The number of benzene rings is 1. The first-order chi connectivity index (χ1) is 8.70. The molecule has 18 heavy (non-hydrogen) atoms. The zero-order valence-electron chi connectivity index (χ0n) is 10.6. The van der Waals surface area contributed by atoms with Crippen LogP contribution in [0.1, 0.15) is 25.3 Å². The van der Waals surface area contributed by atoms with Crippen molar-refractivity contribution < 1.29 is 14.6 Å².